The third-order valence-electron chi connectivity index (χ3n) is 4.85. The molecule has 148 valence electrons. The van der Waals surface area contributed by atoms with Gasteiger partial charge in [0, 0.05) is 16.7 Å². The van der Waals surface area contributed by atoms with Gasteiger partial charge >= 0.3 is 0 Å². The number of halogens is 1. The van der Waals surface area contributed by atoms with Crippen LogP contribution < -0.4 is 11.3 Å². The Bertz CT molecular complexity index is 1320. The van der Waals surface area contributed by atoms with Gasteiger partial charge in [-0.1, -0.05) is 18.7 Å². The molecule has 30 heavy (non-hydrogen) atoms. The molecule has 0 fully saturated rings. The summed E-state index contributed by atoms with van der Waals surface area (Å²) in [5.74, 6) is 0.202. The number of hydrogen-bond acceptors (Lipinski definition) is 6. The second kappa shape index (κ2) is 7.29. The molecule has 3 aromatic rings. The molecule has 7 nitrogen and oxygen atoms in total. The Hall–Kier alpha value is -4.25. The normalized spacial score (nSPS) is 12.7. The molecule has 1 aliphatic heterocycles. The third kappa shape index (κ3) is 2.93. The Labute approximate surface area is 171 Å². The van der Waals surface area contributed by atoms with Crippen LogP contribution in [0.2, 0.25) is 0 Å². The van der Waals surface area contributed by atoms with Crippen LogP contribution in [0.3, 0.4) is 0 Å². The second-order valence-electron chi connectivity index (χ2n) is 6.59. The lowest BCUT2D eigenvalue weighted by atomic mass is 9.96. The highest BCUT2D eigenvalue weighted by Crippen LogP contribution is 2.32. The van der Waals surface area contributed by atoms with Gasteiger partial charge in [-0.05, 0) is 25.1 Å². The molecule has 0 saturated heterocycles. The van der Waals surface area contributed by atoms with E-state index in [9.17, 15) is 14.4 Å². The molecule has 0 aliphatic carbocycles. The Morgan fingerprint density at radius 1 is 1.30 bits per heavy atom. The van der Waals surface area contributed by atoms with Crippen LogP contribution in [0.4, 0.5) is 4.39 Å². The topological polar surface area (TPSA) is 107 Å². The molecule has 3 heterocycles. The number of aryl methyl sites for hydroxylation is 1. The van der Waals surface area contributed by atoms with Crippen molar-refractivity contribution in [2.75, 3.05) is 0 Å². The zero-order valence-electron chi connectivity index (χ0n) is 16.0. The smallest absolute Gasteiger partial charge is 0.263 e. The summed E-state index contributed by atoms with van der Waals surface area (Å²) >= 11 is 0. The summed E-state index contributed by atoms with van der Waals surface area (Å²) in [5.41, 5.74) is 7.57. The highest BCUT2D eigenvalue weighted by molar-refractivity contribution is 5.77. The number of hydrogen-bond donors (Lipinski definition) is 1. The van der Waals surface area contributed by atoms with Gasteiger partial charge in [0.15, 0.2) is 0 Å². The molecule has 8 heteroatoms. The SMILES string of the molecule is C=CC1=C(N)c2cc(-c3cccc(F)c3C#N)c(=O)n(-c3cnc(C)nc3)c2CO1. The number of aromatic nitrogens is 3. The first-order chi connectivity index (χ1) is 14.5. The molecule has 2 aromatic heterocycles. The number of fused-ring (bicyclic) bond motifs is 1. The molecule has 0 atom stereocenters. The van der Waals surface area contributed by atoms with E-state index in [0.717, 1.165) is 0 Å². The fourth-order valence-electron chi connectivity index (χ4n) is 3.38. The summed E-state index contributed by atoms with van der Waals surface area (Å²) in [4.78, 5) is 21.8. The van der Waals surface area contributed by atoms with Crippen LogP contribution in [-0.2, 0) is 11.3 Å². The van der Waals surface area contributed by atoms with Gasteiger partial charge in [-0.25, -0.2) is 14.4 Å². The van der Waals surface area contributed by atoms with Gasteiger partial charge in [-0.15, -0.1) is 0 Å². The maximum atomic E-state index is 14.2. The van der Waals surface area contributed by atoms with E-state index in [1.165, 1.54) is 41.2 Å². The first-order valence-corrected chi connectivity index (χ1v) is 8.98. The van der Waals surface area contributed by atoms with Gasteiger partial charge in [-0.3, -0.25) is 9.36 Å². The van der Waals surface area contributed by atoms with Crippen molar-refractivity contribution in [3.8, 4) is 22.9 Å². The molecule has 0 spiro atoms. The predicted octanol–water partition coefficient (Wildman–Crippen LogP) is 2.96. The zero-order valence-corrected chi connectivity index (χ0v) is 16.0. The molecule has 4 rings (SSSR count). The number of nitrogens with zero attached hydrogens (tertiary/aromatic N) is 4. The van der Waals surface area contributed by atoms with Crippen molar-refractivity contribution in [3.63, 3.8) is 0 Å². The van der Waals surface area contributed by atoms with Crippen molar-refractivity contribution in [2.45, 2.75) is 13.5 Å². The molecule has 0 saturated carbocycles. The number of ether oxygens (including phenoxy) is 1. The summed E-state index contributed by atoms with van der Waals surface area (Å²) < 4.78 is 21.3. The molecule has 1 aromatic carbocycles. The minimum absolute atomic E-state index is 0.0645. The van der Waals surface area contributed by atoms with Crippen molar-refractivity contribution < 1.29 is 9.13 Å². The number of benzene rings is 1. The quantitative estimate of drug-likeness (QED) is 0.723. The Morgan fingerprint density at radius 2 is 2.03 bits per heavy atom. The van der Waals surface area contributed by atoms with Gasteiger partial charge in [0.05, 0.1) is 35.0 Å². The number of rotatable bonds is 3. The maximum absolute atomic E-state index is 14.2. The average Bonchev–Trinajstić information content (AvgIpc) is 2.74. The number of allylic oxidation sites excluding steroid dienone is 1. The van der Waals surface area contributed by atoms with Gasteiger partial charge < -0.3 is 10.5 Å². The van der Waals surface area contributed by atoms with Crippen LogP contribution in [0.25, 0.3) is 22.5 Å². The number of nitriles is 1. The van der Waals surface area contributed by atoms with Crippen LogP contribution in [0.15, 0.2) is 59.9 Å². The third-order valence-corrected chi connectivity index (χ3v) is 4.85. The van der Waals surface area contributed by atoms with Crippen molar-refractivity contribution >= 4 is 5.70 Å². The second-order valence-corrected chi connectivity index (χ2v) is 6.59. The minimum atomic E-state index is -0.712. The van der Waals surface area contributed by atoms with Crippen LogP contribution >= 0.6 is 0 Å². The summed E-state index contributed by atoms with van der Waals surface area (Å²) in [6.07, 6.45) is 4.49. The molecule has 0 radical (unpaired) electrons. The highest BCUT2D eigenvalue weighted by Gasteiger charge is 2.25. The molecule has 0 unspecified atom stereocenters. The van der Waals surface area contributed by atoms with Gasteiger partial charge in [0.25, 0.3) is 5.56 Å². The lowest BCUT2D eigenvalue weighted by molar-refractivity contribution is 0.200. The molecular formula is C22H16FN5O2. The van der Waals surface area contributed by atoms with Crippen LogP contribution in [0.5, 0.6) is 0 Å². The molecular weight excluding hydrogens is 385 g/mol. The van der Waals surface area contributed by atoms with E-state index >= 15 is 0 Å². The molecule has 2 N–H and O–H groups in total. The van der Waals surface area contributed by atoms with E-state index in [0.29, 0.717) is 28.5 Å². The van der Waals surface area contributed by atoms with Crippen LogP contribution in [-0.4, -0.2) is 14.5 Å². The van der Waals surface area contributed by atoms with E-state index in [2.05, 4.69) is 16.5 Å². The Morgan fingerprint density at radius 3 is 2.70 bits per heavy atom. The fraction of sp³-hybridized carbons (Fsp3) is 0.0909. The Balaban J connectivity index is 2.13. The molecule has 1 aliphatic rings. The highest BCUT2D eigenvalue weighted by atomic mass is 19.1. The zero-order chi connectivity index (χ0) is 21.4. The van der Waals surface area contributed by atoms with E-state index in [4.69, 9.17) is 10.5 Å². The van der Waals surface area contributed by atoms with Gasteiger partial charge in [-0.2, -0.15) is 5.26 Å². The van der Waals surface area contributed by atoms with Crippen molar-refractivity contribution in [1.29, 1.82) is 5.26 Å². The lowest BCUT2D eigenvalue weighted by Crippen LogP contribution is -2.29. The fourth-order valence-corrected chi connectivity index (χ4v) is 3.38. The molecule has 0 bridgehead atoms. The molecule has 0 amide bonds. The van der Waals surface area contributed by atoms with Crippen molar-refractivity contribution in [2.24, 2.45) is 5.73 Å². The maximum Gasteiger partial charge on any atom is 0.263 e. The summed E-state index contributed by atoms with van der Waals surface area (Å²) in [7, 11) is 0. The van der Waals surface area contributed by atoms with E-state index < -0.39 is 11.4 Å². The number of nitrogens with two attached hydrogens (primary N) is 1. The Kier molecular flexibility index (Phi) is 4.64. The van der Waals surface area contributed by atoms with Crippen LogP contribution in [0.1, 0.15) is 22.6 Å². The van der Waals surface area contributed by atoms with E-state index in [-0.39, 0.29) is 29.0 Å². The number of pyridine rings is 1. The standard InChI is InChI=1S/C22H16FN5O2/c1-3-20-21(25)16-7-15(14-5-4-6-18(23)17(14)8-24)22(29)28(19(16)11-30-20)13-9-26-12(2)27-10-13/h3-7,9-10H,1,11,25H2,2H3. The predicted molar refractivity (Wildman–Crippen MR) is 109 cm³/mol. The minimum Gasteiger partial charge on any atom is -0.485 e. The van der Waals surface area contributed by atoms with Crippen molar-refractivity contribution in [3.05, 3.63) is 93.9 Å². The van der Waals surface area contributed by atoms with Crippen LogP contribution in [0, 0.1) is 24.1 Å². The monoisotopic (exact) mass is 401 g/mol. The summed E-state index contributed by atoms with van der Waals surface area (Å²) in [6, 6.07) is 7.53. The first kappa shape index (κ1) is 19.1. The summed E-state index contributed by atoms with van der Waals surface area (Å²) in [5, 5.41) is 9.45. The van der Waals surface area contributed by atoms with Crippen molar-refractivity contribution in [1.82, 2.24) is 14.5 Å². The lowest BCUT2D eigenvalue weighted by Gasteiger charge is -2.24. The van der Waals surface area contributed by atoms with E-state index in [1.807, 2.05) is 6.07 Å². The first-order valence-electron chi connectivity index (χ1n) is 8.98. The van der Waals surface area contributed by atoms with E-state index in [1.54, 1.807) is 13.0 Å². The largest absolute Gasteiger partial charge is 0.485 e. The average molecular weight is 401 g/mol. The van der Waals surface area contributed by atoms with Gasteiger partial charge in [0.1, 0.15) is 30.1 Å². The summed E-state index contributed by atoms with van der Waals surface area (Å²) in [6.45, 7) is 5.48. The van der Waals surface area contributed by atoms with Gasteiger partial charge in [0.2, 0.25) is 0 Å².